The molecule has 29 heavy (non-hydrogen) atoms. The van der Waals surface area contributed by atoms with E-state index in [4.69, 9.17) is 0 Å². The predicted molar refractivity (Wildman–Crippen MR) is 123 cm³/mol. The number of allylic oxidation sites excluding steroid dienone is 4. The average Bonchev–Trinajstić information content (AvgIpc) is 2.79. The zero-order valence-electron chi connectivity index (χ0n) is 16.7. The van der Waals surface area contributed by atoms with E-state index in [2.05, 4.69) is 121 Å². The van der Waals surface area contributed by atoms with Crippen LogP contribution < -0.4 is 0 Å². The molecule has 1 aliphatic carbocycles. The van der Waals surface area contributed by atoms with E-state index in [1.165, 1.54) is 33.4 Å². The third-order valence-electron chi connectivity index (χ3n) is 6.00. The first-order chi connectivity index (χ1) is 14.3. The van der Waals surface area contributed by atoms with Gasteiger partial charge in [-0.25, -0.2) is 0 Å². The first-order valence-corrected chi connectivity index (χ1v) is 10.3. The lowest BCUT2D eigenvalue weighted by molar-refractivity contribution is 0.343. The van der Waals surface area contributed by atoms with E-state index in [9.17, 15) is 0 Å². The number of likely N-dealkylation sites (N-methyl/N-ethyl adjacent to an activating group) is 1. The third-order valence-corrected chi connectivity index (χ3v) is 6.00. The Hall–Kier alpha value is -3.32. The van der Waals surface area contributed by atoms with E-state index in [0.29, 0.717) is 12.0 Å². The Morgan fingerprint density at radius 1 is 0.690 bits per heavy atom. The standard InChI is InChI=1S/C28H25N/c1-29-17-16-28(29)27-15-7-14-26(20-27)25-13-6-12-24(19-25)23-11-5-10-22(18-23)21-8-3-2-4-9-21/h2-8,10-21,28H,9H2,1H3. The van der Waals surface area contributed by atoms with Crippen LogP contribution >= 0.6 is 0 Å². The predicted octanol–water partition coefficient (Wildman–Crippen LogP) is 7.12. The van der Waals surface area contributed by atoms with Crippen molar-refractivity contribution in [1.82, 2.24) is 4.90 Å². The van der Waals surface area contributed by atoms with Crippen LogP contribution in [0.2, 0.25) is 0 Å². The van der Waals surface area contributed by atoms with Crippen LogP contribution in [0.25, 0.3) is 22.3 Å². The molecule has 2 aliphatic rings. The van der Waals surface area contributed by atoms with Gasteiger partial charge in [0, 0.05) is 13.0 Å². The summed E-state index contributed by atoms with van der Waals surface area (Å²) < 4.78 is 0. The summed E-state index contributed by atoms with van der Waals surface area (Å²) >= 11 is 0. The van der Waals surface area contributed by atoms with Gasteiger partial charge in [0.1, 0.15) is 0 Å². The minimum Gasteiger partial charge on any atom is -0.370 e. The second-order valence-electron chi connectivity index (χ2n) is 7.94. The highest BCUT2D eigenvalue weighted by Crippen LogP contribution is 2.33. The molecule has 1 heterocycles. The Morgan fingerprint density at radius 2 is 1.31 bits per heavy atom. The molecule has 2 unspecified atom stereocenters. The molecule has 3 aromatic rings. The Labute approximate surface area is 173 Å². The topological polar surface area (TPSA) is 3.24 Å². The summed E-state index contributed by atoms with van der Waals surface area (Å²) in [5.74, 6) is 0.479. The lowest BCUT2D eigenvalue weighted by atomic mass is 9.90. The number of hydrogen-bond donors (Lipinski definition) is 0. The molecule has 0 aromatic heterocycles. The molecule has 0 saturated carbocycles. The highest BCUT2D eigenvalue weighted by molar-refractivity contribution is 5.74. The lowest BCUT2D eigenvalue weighted by Gasteiger charge is -2.32. The highest BCUT2D eigenvalue weighted by Gasteiger charge is 2.18. The minimum atomic E-state index is 0.396. The monoisotopic (exact) mass is 375 g/mol. The minimum absolute atomic E-state index is 0.396. The van der Waals surface area contributed by atoms with Gasteiger partial charge in [0.25, 0.3) is 0 Å². The largest absolute Gasteiger partial charge is 0.370 e. The van der Waals surface area contributed by atoms with Gasteiger partial charge in [0.15, 0.2) is 0 Å². The first-order valence-electron chi connectivity index (χ1n) is 10.3. The van der Waals surface area contributed by atoms with Crippen LogP contribution in [0.5, 0.6) is 0 Å². The van der Waals surface area contributed by atoms with E-state index in [0.717, 1.165) is 6.42 Å². The SMILES string of the molecule is CN1C=CC1c1cccc(-c2cccc(-c3cccc(C4C=CC=CC4)c3)c2)c1. The molecule has 142 valence electrons. The summed E-state index contributed by atoms with van der Waals surface area (Å²) in [6.07, 6.45) is 14.3. The van der Waals surface area contributed by atoms with E-state index in [-0.39, 0.29) is 0 Å². The van der Waals surface area contributed by atoms with Crippen LogP contribution in [0.15, 0.2) is 109 Å². The molecule has 1 nitrogen and oxygen atoms in total. The molecule has 0 N–H and O–H groups in total. The van der Waals surface area contributed by atoms with E-state index >= 15 is 0 Å². The molecule has 2 atom stereocenters. The van der Waals surface area contributed by atoms with Crippen molar-refractivity contribution in [3.63, 3.8) is 0 Å². The quantitative estimate of drug-likeness (QED) is 0.469. The van der Waals surface area contributed by atoms with Crippen molar-refractivity contribution >= 4 is 0 Å². The molecule has 5 rings (SSSR count). The number of hydrogen-bond acceptors (Lipinski definition) is 1. The van der Waals surface area contributed by atoms with Crippen LogP contribution in [0, 0.1) is 0 Å². The van der Waals surface area contributed by atoms with Crippen molar-refractivity contribution in [3.8, 4) is 22.3 Å². The van der Waals surface area contributed by atoms with Gasteiger partial charge in [0.05, 0.1) is 6.04 Å². The second kappa shape index (κ2) is 7.60. The molecule has 0 fully saturated rings. The smallest absolute Gasteiger partial charge is 0.0734 e. The molecule has 3 aromatic carbocycles. The highest BCUT2D eigenvalue weighted by atomic mass is 15.1. The zero-order chi connectivity index (χ0) is 19.6. The van der Waals surface area contributed by atoms with Crippen LogP contribution in [0.1, 0.15) is 29.5 Å². The fourth-order valence-electron chi connectivity index (χ4n) is 4.25. The van der Waals surface area contributed by atoms with Crippen LogP contribution in [0.3, 0.4) is 0 Å². The summed E-state index contributed by atoms with van der Waals surface area (Å²) in [6.45, 7) is 0. The maximum atomic E-state index is 2.35. The van der Waals surface area contributed by atoms with Crippen LogP contribution in [-0.4, -0.2) is 11.9 Å². The Bertz CT molecular complexity index is 1120. The summed E-state index contributed by atoms with van der Waals surface area (Å²) in [7, 11) is 2.13. The van der Waals surface area contributed by atoms with Gasteiger partial charge in [-0.1, -0.05) is 85.0 Å². The van der Waals surface area contributed by atoms with Crippen molar-refractivity contribution < 1.29 is 0 Å². The Morgan fingerprint density at radius 3 is 1.90 bits per heavy atom. The molecule has 1 heteroatoms. The summed E-state index contributed by atoms with van der Waals surface area (Å²) in [5.41, 5.74) is 7.82. The van der Waals surface area contributed by atoms with E-state index in [1.54, 1.807) is 0 Å². The Kier molecular flexibility index (Phi) is 4.65. The number of nitrogens with zero attached hydrogens (tertiary/aromatic N) is 1. The normalized spacial score (nSPS) is 20.0. The Balaban J connectivity index is 1.46. The van der Waals surface area contributed by atoms with Gasteiger partial charge in [-0.15, -0.1) is 0 Å². The summed E-state index contributed by atoms with van der Waals surface area (Å²) in [6, 6.07) is 27.2. The fourth-order valence-corrected chi connectivity index (χ4v) is 4.25. The molecule has 0 radical (unpaired) electrons. The maximum absolute atomic E-state index is 2.35. The van der Waals surface area contributed by atoms with Gasteiger partial charge >= 0.3 is 0 Å². The summed E-state index contributed by atoms with van der Waals surface area (Å²) in [5, 5.41) is 0. The van der Waals surface area contributed by atoms with Crippen molar-refractivity contribution in [1.29, 1.82) is 0 Å². The molecule has 0 bridgehead atoms. The van der Waals surface area contributed by atoms with Gasteiger partial charge in [0.2, 0.25) is 0 Å². The van der Waals surface area contributed by atoms with E-state index < -0.39 is 0 Å². The number of benzene rings is 3. The second-order valence-corrected chi connectivity index (χ2v) is 7.94. The molecule has 1 aliphatic heterocycles. The molecule has 0 amide bonds. The molecule has 0 saturated heterocycles. The molecular weight excluding hydrogens is 350 g/mol. The van der Waals surface area contributed by atoms with Gasteiger partial charge in [-0.05, 0) is 64.2 Å². The average molecular weight is 376 g/mol. The maximum Gasteiger partial charge on any atom is 0.0734 e. The first kappa shape index (κ1) is 17.8. The van der Waals surface area contributed by atoms with Crippen molar-refractivity contribution in [2.75, 3.05) is 7.05 Å². The zero-order valence-corrected chi connectivity index (χ0v) is 16.7. The van der Waals surface area contributed by atoms with Gasteiger partial charge < -0.3 is 4.90 Å². The number of rotatable bonds is 4. The van der Waals surface area contributed by atoms with Crippen molar-refractivity contribution in [2.45, 2.75) is 18.4 Å². The van der Waals surface area contributed by atoms with Crippen molar-refractivity contribution in [3.05, 3.63) is 121 Å². The van der Waals surface area contributed by atoms with Crippen molar-refractivity contribution in [2.24, 2.45) is 0 Å². The van der Waals surface area contributed by atoms with Crippen LogP contribution in [0.4, 0.5) is 0 Å². The summed E-state index contributed by atoms with van der Waals surface area (Å²) in [4.78, 5) is 2.25. The fraction of sp³-hybridized carbons (Fsp3) is 0.143. The van der Waals surface area contributed by atoms with Gasteiger partial charge in [-0.3, -0.25) is 0 Å². The van der Waals surface area contributed by atoms with E-state index in [1.807, 2.05) is 0 Å². The molecular formula is C28H25N. The third kappa shape index (κ3) is 3.56. The van der Waals surface area contributed by atoms with Gasteiger partial charge in [-0.2, -0.15) is 0 Å². The van der Waals surface area contributed by atoms with Crippen LogP contribution in [-0.2, 0) is 0 Å². The lowest BCUT2D eigenvalue weighted by Crippen LogP contribution is -2.24. The molecule has 0 spiro atoms.